The highest BCUT2D eigenvalue weighted by molar-refractivity contribution is 9.10. The van der Waals surface area contributed by atoms with Gasteiger partial charge in [-0.05, 0) is 25.1 Å². The number of nitrogens with zero attached hydrogens (tertiary/aromatic N) is 1. The van der Waals surface area contributed by atoms with E-state index in [1.165, 1.54) is 0 Å². The summed E-state index contributed by atoms with van der Waals surface area (Å²) in [5.41, 5.74) is 3.19. The Morgan fingerprint density at radius 3 is 2.89 bits per heavy atom. The lowest BCUT2D eigenvalue weighted by molar-refractivity contribution is 0.535. The molecule has 2 heterocycles. The summed E-state index contributed by atoms with van der Waals surface area (Å²) in [6.07, 6.45) is 1.70. The second-order valence-corrected chi connectivity index (χ2v) is 5.71. The smallest absolute Gasteiger partial charge is 0.127 e. The first-order valence-corrected chi connectivity index (χ1v) is 7.17. The zero-order valence-electron chi connectivity index (χ0n) is 9.68. The molecule has 2 nitrogen and oxygen atoms in total. The van der Waals surface area contributed by atoms with E-state index in [1.807, 2.05) is 25.1 Å². The van der Waals surface area contributed by atoms with Crippen molar-refractivity contribution in [1.29, 1.82) is 0 Å². The Morgan fingerprint density at radius 1 is 1.28 bits per heavy atom. The molecule has 0 fully saturated rings. The molecule has 0 spiro atoms. The zero-order chi connectivity index (χ0) is 12.5. The van der Waals surface area contributed by atoms with Crippen molar-refractivity contribution in [3.05, 3.63) is 52.2 Å². The van der Waals surface area contributed by atoms with Crippen LogP contribution < -0.4 is 0 Å². The van der Waals surface area contributed by atoms with Gasteiger partial charge in [0.05, 0.1) is 17.5 Å². The largest absolute Gasteiger partial charge is 0.469 e. The number of rotatable bonds is 2. The molecule has 90 valence electrons. The number of hydrogen-bond donors (Lipinski definition) is 0. The highest BCUT2D eigenvalue weighted by Crippen LogP contribution is 2.31. The summed E-state index contributed by atoms with van der Waals surface area (Å²) in [4.78, 5) is 4.66. The molecule has 0 saturated carbocycles. The maximum atomic E-state index is 5.31. The SMILES string of the molecule is Cc1occc1-c1nc(-c2cccc(Br)c2)cs1. The molecule has 0 atom stereocenters. The molecule has 0 bridgehead atoms. The average Bonchev–Trinajstić information content (AvgIpc) is 2.97. The Balaban J connectivity index is 2.02. The van der Waals surface area contributed by atoms with Gasteiger partial charge in [-0.2, -0.15) is 0 Å². The molecular weight excluding hydrogens is 310 g/mol. The van der Waals surface area contributed by atoms with E-state index >= 15 is 0 Å². The lowest BCUT2D eigenvalue weighted by Crippen LogP contribution is -1.79. The Morgan fingerprint density at radius 2 is 2.17 bits per heavy atom. The first kappa shape index (κ1) is 11.7. The summed E-state index contributed by atoms with van der Waals surface area (Å²) in [6, 6.07) is 10.1. The van der Waals surface area contributed by atoms with Crippen LogP contribution in [0.25, 0.3) is 21.8 Å². The second kappa shape index (κ2) is 4.71. The fourth-order valence-electron chi connectivity index (χ4n) is 1.78. The summed E-state index contributed by atoms with van der Waals surface area (Å²) < 4.78 is 6.38. The molecule has 0 radical (unpaired) electrons. The molecule has 0 aliphatic heterocycles. The van der Waals surface area contributed by atoms with Gasteiger partial charge >= 0.3 is 0 Å². The predicted octanol–water partition coefficient (Wildman–Crippen LogP) is 5.14. The van der Waals surface area contributed by atoms with Gasteiger partial charge in [0.15, 0.2) is 0 Å². The number of thiazole rings is 1. The van der Waals surface area contributed by atoms with E-state index in [4.69, 9.17) is 4.42 Å². The maximum Gasteiger partial charge on any atom is 0.127 e. The molecule has 0 unspecified atom stereocenters. The van der Waals surface area contributed by atoms with Crippen molar-refractivity contribution >= 4 is 27.3 Å². The van der Waals surface area contributed by atoms with E-state index in [1.54, 1.807) is 17.6 Å². The van der Waals surface area contributed by atoms with Crippen molar-refractivity contribution in [3.8, 4) is 21.8 Å². The highest BCUT2D eigenvalue weighted by atomic mass is 79.9. The van der Waals surface area contributed by atoms with Crippen molar-refractivity contribution in [2.45, 2.75) is 6.92 Å². The second-order valence-electron chi connectivity index (χ2n) is 3.94. The van der Waals surface area contributed by atoms with Crippen molar-refractivity contribution < 1.29 is 4.42 Å². The number of aryl methyl sites for hydroxylation is 1. The van der Waals surface area contributed by atoms with Crippen molar-refractivity contribution in [2.24, 2.45) is 0 Å². The average molecular weight is 320 g/mol. The van der Waals surface area contributed by atoms with Crippen LogP contribution in [-0.2, 0) is 0 Å². The molecule has 0 N–H and O–H groups in total. The number of aromatic nitrogens is 1. The zero-order valence-corrected chi connectivity index (χ0v) is 12.1. The lowest BCUT2D eigenvalue weighted by atomic mass is 10.2. The third-order valence-corrected chi connectivity index (χ3v) is 4.08. The molecule has 18 heavy (non-hydrogen) atoms. The normalized spacial score (nSPS) is 10.8. The van der Waals surface area contributed by atoms with Gasteiger partial charge in [0.1, 0.15) is 10.8 Å². The van der Waals surface area contributed by atoms with E-state index in [0.29, 0.717) is 0 Å². The van der Waals surface area contributed by atoms with Crippen LogP contribution in [0.5, 0.6) is 0 Å². The van der Waals surface area contributed by atoms with Crippen LogP contribution in [-0.4, -0.2) is 4.98 Å². The van der Waals surface area contributed by atoms with Crippen molar-refractivity contribution in [1.82, 2.24) is 4.98 Å². The van der Waals surface area contributed by atoms with Gasteiger partial charge in [0.25, 0.3) is 0 Å². The van der Waals surface area contributed by atoms with Crippen molar-refractivity contribution in [3.63, 3.8) is 0 Å². The number of halogens is 1. The fraction of sp³-hybridized carbons (Fsp3) is 0.0714. The van der Waals surface area contributed by atoms with Crippen LogP contribution in [0, 0.1) is 6.92 Å². The summed E-state index contributed by atoms with van der Waals surface area (Å²) in [7, 11) is 0. The fourth-order valence-corrected chi connectivity index (χ4v) is 3.09. The van der Waals surface area contributed by atoms with Crippen LogP contribution in [0.4, 0.5) is 0 Å². The van der Waals surface area contributed by atoms with Crippen LogP contribution >= 0.6 is 27.3 Å². The summed E-state index contributed by atoms with van der Waals surface area (Å²) >= 11 is 5.11. The molecule has 3 rings (SSSR count). The van der Waals surface area contributed by atoms with E-state index in [9.17, 15) is 0 Å². The summed E-state index contributed by atoms with van der Waals surface area (Å²) in [5, 5.41) is 3.07. The number of benzene rings is 1. The minimum Gasteiger partial charge on any atom is -0.469 e. The molecule has 1 aromatic carbocycles. The van der Waals surface area contributed by atoms with Crippen LogP contribution in [0.1, 0.15) is 5.76 Å². The Kier molecular flexibility index (Phi) is 3.06. The third-order valence-electron chi connectivity index (χ3n) is 2.71. The van der Waals surface area contributed by atoms with E-state index in [0.717, 1.165) is 32.1 Å². The van der Waals surface area contributed by atoms with E-state index < -0.39 is 0 Å². The molecular formula is C14H10BrNOS. The minimum absolute atomic E-state index is 0.908. The number of furan rings is 1. The number of hydrogen-bond acceptors (Lipinski definition) is 3. The quantitative estimate of drug-likeness (QED) is 0.653. The highest BCUT2D eigenvalue weighted by Gasteiger charge is 2.10. The van der Waals surface area contributed by atoms with Gasteiger partial charge in [-0.25, -0.2) is 4.98 Å². The molecule has 0 amide bonds. The monoisotopic (exact) mass is 319 g/mol. The summed E-state index contributed by atoms with van der Waals surface area (Å²) in [5.74, 6) is 0.908. The molecule has 3 aromatic rings. The Hall–Kier alpha value is -1.39. The van der Waals surface area contributed by atoms with Crippen LogP contribution in [0.2, 0.25) is 0 Å². The molecule has 0 aliphatic rings. The van der Waals surface area contributed by atoms with Gasteiger partial charge in [-0.1, -0.05) is 28.1 Å². The minimum atomic E-state index is 0.908. The topological polar surface area (TPSA) is 26.0 Å². The molecule has 4 heteroatoms. The molecule has 0 aliphatic carbocycles. The maximum absolute atomic E-state index is 5.31. The molecule has 2 aromatic heterocycles. The lowest BCUT2D eigenvalue weighted by Gasteiger charge is -1.97. The van der Waals surface area contributed by atoms with Gasteiger partial charge in [-0.15, -0.1) is 11.3 Å². The van der Waals surface area contributed by atoms with Crippen LogP contribution in [0.15, 0.2) is 50.9 Å². The van der Waals surface area contributed by atoms with Crippen LogP contribution in [0.3, 0.4) is 0 Å². The third kappa shape index (κ3) is 2.13. The summed E-state index contributed by atoms with van der Waals surface area (Å²) in [6.45, 7) is 1.95. The van der Waals surface area contributed by atoms with Gasteiger partial charge in [0, 0.05) is 15.4 Å². The van der Waals surface area contributed by atoms with Crippen molar-refractivity contribution in [2.75, 3.05) is 0 Å². The first-order chi connectivity index (χ1) is 8.74. The molecule has 0 saturated heterocycles. The first-order valence-electron chi connectivity index (χ1n) is 5.50. The van der Waals surface area contributed by atoms with E-state index in [2.05, 4.69) is 38.4 Å². The van der Waals surface area contributed by atoms with Gasteiger partial charge in [0.2, 0.25) is 0 Å². The Labute approximate surface area is 117 Å². The Bertz CT molecular complexity index is 686. The van der Waals surface area contributed by atoms with Gasteiger partial charge < -0.3 is 4.42 Å². The standard InChI is InChI=1S/C14H10BrNOS/c1-9-12(5-6-17-9)14-16-13(8-18-14)10-3-2-4-11(15)7-10/h2-8H,1H3. The van der Waals surface area contributed by atoms with Gasteiger partial charge in [-0.3, -0.25) is 0 Å². The van der Waals surface area contributed by atoms with E-state index in [-0.39, 0.29) is 0 Å². The predicted molar refractivity (Wildman–Crippen MR) is 77.7 cm³/mol.